The van der Waals surface area contributed by atoms with Gasteiger partial charge in [0.25, 0.3) is 6.43 Å². The van der Waals surface area contributed by atoms with Crippen molar-refractivity contribution in [3.05, 3.63) is 29.3 Å². The average Bonchev–Trinajstić information content (AvgIpc) is 2.04. The molecule has 2 nitrogen and oxygen atoms in total. The van der Waals surface area contributed by atoms with Crippen LogP contribution in [0.3, 0.4) is 0 Å². The maximum Gasteiger partial charge on any atom is 0.280 e. The lowest BCUT2D eigenvalue weighted by Crippen LogP contribution is -1.98. The summed E-state index contributed by atoms with van der Waals surface area (Å²) in [5, 5.41) is 8.48. The highest BCUT2D eigenvalue weighted by atomic mass is 19.3. The van der Waals surface area contributed by atoms with Crippen LogP contribution in [0.5, 0.6) is 0 Å². The van der Waals surface area contributed by atoms with Gasteiger partial charge in [-0.3, -0.25) is 0 Å². The van der Waals surface area contributed by atoms with E-state index in [1.165, 1.54) is 0 Å². The molecule has 12 heavy (non-hydrogen) atoms. The Morgan fingerprint density at radius 1 is 1.42 bits per heavy atom. The van der Waals surface area contributed by atoms with Crippen LogP contribution in [0.1, 0.15) is 17.7 Å². The van der Waals surface area contributed by atoms with Gasteiger partial charge < -0.3 is 5.11 Å². The lowest BCUT2D eigenvalue weighted by atomic mass is 10.2. The Kier molecular flexibility index (Phi) is 2.65. The minimum absolute atomic E-state index is 0.0839. The summed E-state index contributed by atoms with van der Waals surface area (Å²) in [6.45, 7) is -0.539. The normalized spacial score (nSPS) is 10.8. The highest BCUT2D eigenvalue weighted by Gasteiger charge is 2.11. The fourth-order valence-corrected chi connectivity index (χ4v) is 0.717. The summed E-state index contributed by atoms with van der Waals surface area (Å²) >= 11 is 0. The lowest BCUT2D eigenvalue weighted by Gasteiger charge is -2.01. The van der Waals surface area contributed by atoms with Gasteiger partial charge in [0.2, 0.25) is 5.95 Å². The molecule has 66 valence electrons. The Labute approximate surface area is 66.7 Å². The number of hydrogen-bond acceptors (Lipinski definition) is 2. The molecule has 0 aliphatic carbocycles. The standard InChI is InChI=1S/C7H6F3NO/c8-6(9)5-2-1-4(3-12)7(10)11-5/h1-2,6,12H,3H2. The fourth-order valence-electron chi connectivity index (χ4n) is 0.717. The van der Waals surface area contributed by atoms with Crippen molar-refractivity contribution in [2.24, 2.45) is 0 Å². The second-order valence-electron chi connectivity index (χ2n) is 2.14. The first-order valence-corrected chi connectivity index (χ1v) is 3.19. The van der Waals surface area contributed by atoms with Crippen LogP contribution in [0.25, 0.3) is 0 Å². The van der Waals surface area contributed by atoms with Gasteiger partial charge in [-0.2, -0.15) is 4.39 Å². The molecule has 0 saturated carbocycles. The number of pyridine rings is 1. The summed E-state index contributed by atoms with van der Waals surface area (Å²) in [6.07, 6.45) is -2.78. The third-order valence-corrected chi connectivity index (χ3v) is 1.34. The molecule has 0 amide bonds. The molecular formula is C7H6F3NO. The maximum absolute atomic E-state index is 12.6. The van der Waals surface area contributed by atoms with Gasteiger partial charge in [-0.15, -0.1) is 0 Å². The van der Waals surface area contributed by atoms with Crippen molar-refractivity contribution < 1.29 is 18.3 Å². The molecule has 0 spiro atoms. The summed E-state index contributed by atoms with van der Waals surface area (Å²) in [4.78, 5) is 2.97. The monoisotopic (exact) mass is 177 g/mol. The molecule has 1 heterocycles. The summed E-state index contributed by atoms with van der Waals surface area (Å²) in [5.41, 5.74) is -0.705. The Balaban J connectivity index is 3.02. The van der Waals surface area contributed by atoms with Gasteiger partial charge >= 0.3 is 0 Å². The molecule has 1 rings (SSSR count). The number of alkyl halides is 2. The van der Waals surface area contributed by atoms with E-state index in [-0.39, 0.29) is 5.56 Å². The first-order chi connectivity index (χ1) is 5.65. The number of aliphatic hydroxyl groups is 1. The third-order valence-electron chi connectivity index (χ3n) is 1.34. The van der Waals surface area contributed by atoms with E-state index in [1.54, 1.807) is 0 Å². The van der Waals surface area contributed by atoms with Crippen LogP contribution >= 0.6 is 0 Å². The van der Waals surface area contributed by atoms with Gasteiger partial charge in [-0.25, -0.2) is 13.8 Å². The van der Waals surface area contributed by atoms with Crippen LogP contribution in [0.15, 0.2) is 12.1 Å². The van der Waals surface area contributed by atoms with E-state index >= 15 is 0 Å². The van der Waals surface area contributed by atoms with E-state index in [0.29, 0.717) is 0 Å². The number of rotatable bonds is 2. The first kappa shape index (κ1) is 8.99. The summed E-state index contributed by atoms with van der Waals surface area (Å²) < 4.78 is 36.4. The maximum atomic E-state index is 12.6. The van der Waals surface area contributed by atoms with Crippen LogP contribution in [-0.2, 0) is 6.61 Å². The van der Waals surface area contributed by atoms with Crippen molar-refractivity contribution in [2.75, 3.05) is 0 Å². The zero-order chi connectivity index (χ0) is 9.14. The molecule has 1 aromatic heterocycles. The van der Waals surface area contributed by atoms with Gasteiger partial charge in [-0.1, -0.05) is 6.07 Å². The van der Waals surface area contributed by atoms with Crippen molar-refractivity contribution in [2.45, 2.75) is 13.0 Å². The van der Waals surface area contributed by atoms with E-state index in [9.17, 15) is 13.2 Å². The van der Waals surface area contributed by atoms with Gasteiger partial charge in [0, 0.05) is 5.56 Å². The molecule has 5 heteroatoms. The predicted octanol–water partition coefficient (Wildman–Crippen LogP) is 1.65. The minimum atomic E-state index is -2.78. The molecule has 0 atom stereocenters. The number of nitrogens with zero attached hydrogens (tertiary/aromatic N) is 1. The Morgan fingerprint density at radius 2 is 2.08 bits per heavy atom. The van der Waals surface area contributed by atoms with Crippen molar-refractivity contribution in [3.8, 4) is 0 Å². The lowest BCUT2D eigenvalue weighted by molar-refractivity contribution is 0.144. The minimum Gasteiger partial charge on any atom is -0.392 e. The van der Waals surface area contributed by atoms with Crippen LogP contribution in [-0.4, -0.2) is 10.1 Å². The van der Waals surface area contributed by atoms with E-state index in [4.69, 9.17) is 5.11 Å². The molecule has 0 aliphatic heterocycles. The van der Waals surface area contributed by atoms with Gasteiger partial charge in [0.1, 0.15) is 5.69 Å². The van der Waals surface area contributed by atoms with Crippen molar-refractivity contribution in [3.63, 3.8) is 0 Å². The molecule has 0 fully saturated rings. The summed E-state index contributed by atoms with van der Waals surface area (Å²) in [7, 11) is 0. The van der Waals surface area contributed by atoms with E-state index in [1.807, 2.05) is 0 Å². The van der Waals surface area contributed by atoms with Gasteiger partial charge in [0.05, 0.1) is 6.61 Å². The number of halogens is 3. The quantitative estimate of drug-likeness (QED) is 0.696. The second kappa shape index (κ2) is 3.53. The zero-order valence-corrected chi connectivity index (χ0v) is 5.97. The molecule has 0 bridgehead atoms. The summed E-state index contributed by atoms with van der Waals surface area (Å²) in [6, 6.07) is 2.07. The van der Waals surface area contributed by atoms with Crippen molar-refractivity contribution >= 4 is 0 Å². The van der Waals surface area contributed by atoms with Gasteiger partial charge in [0.15, 0.2) is 0 Å². The van der Waals surface area contributed by atoms with E-state index < -0.39 is 24.7 Å². The molecule has 0 aliphatic rings. The Morgan fingerprint density at radius 3 is 2.50 bits per heavy atom. The van der Waals surface area contributed by atoms with Crippen LogP contribution in [0.4, 0.5) is 13.2 Å². The molecule has 0 radical (unpaired) electrons. The van der Waals surface area contributed by atoms with Gasteiger partial charge in [-0.05, 0) is 6.07 Å². The Bertz CT molecular complexity index is 277. The topological polar surface area (TPSA) is 33.1 Å². The first-order valence-electron chi connectivity index (χ1n) is 3.19. The average molecular weight is 177 g/mol. The smallest absolute Gasteiger partial charge is 0.280 e. The predicted molar refractivity (Wildman–Crippen MR) is 35.1 cm³/mol. The van der Waals surface area contributed by atoms with E-state index in [0.717, 1.165) is 12.1 Å². The summed E-state index contributed by atoms with van der Waals surface area (Å²) in [5.74, 6) is -1.05. The number of hydrogen-bond donors (Lipinski definition) is 1. The highest BCUT2D eigenvalue weighted by molar-refractivity contribution is 5.15. The fraction of sp³-hybridized carbons (Fsp3) is 0.286. The highest BCUT2D eigenvalue weighted by Crippen LogP contribution is 2.17. The van der Waals surface area contributed by atoms with E-state index in [2.05, 4.69) is 4.98 Å². The molecule has 0 saturated heterocycles. The van der Waals surface area contributed by atoms with Crippen molar-refractivity contribution in [1.82, 2.24) is 4.98 Å². The largest absolute Gasteiger partial charge is 0.392 e. The molecular weight excluding hydrogens is 171 g/mol. The number of aromatic nitrogens is 1. The molecule has 1 aromatic rings. The Hall–Kier alpha value is -1.10. The van der Waals surface area contributed by atoms with Crippen molar-refractivity contribution in [1.29, 1.82) is 0 Å². The van der Waals surface area contributed by atoms with Crippen LogP contribution < -0.4 is 0 Å². The zero-order valence-electron chi connectivity index (χ0n) is 5.97. The molecule has 0 aromatic carbocycles. The third kappa shape index (κ3) is 1.73. The van der Waals surface area contributed by atoms with Crippen LogP contribution in [0, 0.1) is 5.95 Å². The SMILES string of the molecule is OCc1ccc(C(F)F)nc1F. The molecule has 1 N–H and O–H groups in total. The van der Waals surface area contributed by atoms with Crippen LogP contribution in [0.2, 0.25) is 0 Å². The number of aliphatic hydroxyl groups excluding tert-OH is 1. The second-order valence-corrected chi connectivity index (χ2v) is 2.14. The molecule has 0 unspecified atom stereocenters.